The maximum atomic E-state index is 12.2. The molecule has 1 aromatic heterocycles. The van der Waals surface area contributed by atoms with Crippen molar-refractivity contribution < 1.29 is 18.9 Å². The first kappa shape index (κ1) is 18.6. The van der Waals surface area contributed by atoms with Crippen LogP contribution in [0.3, 0.4) is 0 Å². The molecule has 4 N–H and O–H groups in total. The highest BCUT2D eigenvalue weighted by molar-refractivity contribution is 5.99. The first-order valence-corrected chi connectivity index (χ1v) is 7.98. The summed E-state index contributed by atoms with van der Waals surface area (Å²) in [5, 5.41) is 14.6. The largest absolute Gasteiger partial charge is 0.493 e. The zero-order chi connectivity index (χ0) is 19.9. The minimum atomic E-state index is -0.489. The molecule has 10 nitrogen and oxygen atoms in total. The normalized spacial score (nSPS) is 11.5. The summed E-state index contributed by atoms with van der Waals surface area (Å²) >= 11 is 0. The molecule has 3 aromatic rings. The van der Waals surface area contributed by atoms with E-state index in [1.54, 1.807) is 42.5 Å². The van der Waals surface area contributed by atoms with Crippen LogP contribution in [0.2, 0.25) is 0 Å². The van der Waals surface area contributed by atoms with Gasteiger partial charge in [0, 0.05) is 0 Å². The molecule has 0 saturated carbocycles. The monoisotopic (exact) mass is 380 g/mol. The van der Waals surface area contributed by atoms with Crippen molar-refractivity contribution in [3.05, 3.63) is 65.4 Å². The van der Waals surface area contributed by atoms with Gasteiger partial charge in [0.15, 0.2) is 28.8 Å². The van der Waals surface area contributed by atoms with Crippen molar-refractivity contribution in [1.82, 2.24) is 10.3 Å². The Morgan fingerprint density at radius 2 is 1.93 bits per heavy atom. The van der Waals surface area contributed by atoms with E-state index < -0.39 is 5.97 Å². The van der Waals surface area contributed by atoms with Crippen molar-refractivity contribution in [1.29, 1.82) is 0 Å². The Hall–Kier alpha value is -4.21. The number of nitrogens with two attached hydrogens (primary N) is 2. The zero-order valence-electron chi connectivity index (χ0n) is 14.8. The fourth-order valence-corrected chi connectivity index (χ4v) is 2.16. The number of hydrogen-bond donors (Lipinski definition) is 2. The Labute approximate surface area is 159 Å². The van der Waals surface area contributed by atoms with Crippen molar-refractivity contribution in [3.63, 3.8) is 0 Å². The minimum absolute atomic E-state index is 0.0164. The molecule has 0 aliphatic heterocycles. The first-order valence-electron chi connectivity index (χ1n) is 7.98. The van der Waals surface area contributed by atoms with E-state index in [0.29, 0.717) is 16.9 Å². The lowest BCUT2D eigenvalue weighted by Crippen LogP contribution is -2.15. The second-order valence-corrected chi connectivity index (χ2v) is 5.39. The van der Waals surface area contributed by atoms with Gasteiger partial charge in [-0.05, 0) is 46.2 Å². The molecule has 1 heterocycles. The van der Waals surface area contributed by atoms with Gasteiger partial charge in [-0.2, -0.15) is 5.10 Å². The van der Waals surface area contributed by atoms with Gasteiger partial charge in [0.2, 0.25) is 0 Å². The number of methoxy groups -OCH3 is 1. The molecule has 0 aliphatic rings. The number of esters is 1. The molecule has 0 unspecified atom stereocenters. The molecule has 3 rings (SSSR count). The highest BCUT2D eigenvalue weighted by Gasteiger charge is 2.13. The number of ether oxygens (including phenoxy) is 2. The van der Waals surface area contributed by atoms with Gasteiger partial charge in [0.1, 0.15) is 0 Å². The number of benzene rings is 2. The Morgan fingerprint density at radius 3 is 2.61 bits per heavy atom. The third-order valence-corrected chi connectivity index (χ3v) is 3.53. The molecule has 10 heteroatoms. The Morgan fingerprint density at radius 1 is 1.14 bits per heavy atom. The summed E-state index contributed by atoms with van der Waals surface area (Å²) in [7, 11) is 1.46. The molecule has 0 fully saturated rings. The van der Waals surface area contributed by atoms with E-state index in [0.717, 1.165) is 0 Å². The van der Waals surface area contributed by atoms with Crippen LogP contribution in [0.1, 0.15) is 21.6 Å². The average molecular weight is 380 g/mol. The standard InChI is InChI=1S/C18H16N6O4/c1-26-14-9-11(10-21-22-16(19)15-17(20)24-28-23-15)7-8-13(14)27-18(25)12-5-3-2-4-6-12/h2-10H,1H3,(H2,19,22)(H2,20,24)/b21-10-. The van der Waals surface area contributed by atoms with E-state index in [-0.39, 0.29) is 23.1 Å². The lowest BCUT2D eigenvalue weighted by molar-refractivity contribution is 0.0729. The summed E-state index contributed by atoms with van der Waals surface area (Å²) in [5.41, 5.74) is 12.4. The molecule has 0 saturated heterocycles. The number of carbonyl (C=O) groups is 1. The van der Waals surface area contributed by atoms with E-state index in [1.165, 1.54) is 13.3 Å². The van der Waals surface area contributed by atoms with E-state index in [2.05, 4.69) is 25.1 Å². The van der Waals surface area contributed by atoms with Crippen molar-refractivity contribution in [2.75, 3.05) is 12.8 Å². The predicted molar refractivity (Wildman–Crippen MR) is 101 cm³/mol. The lowest BCUT2D eigenvalue weighted by atomic mass is 10.2. The van der Waals surface area contributed by atoms with Crippen LogP contribution in [0.4, 0.5) is 5.82 Å². The molecular formula is C18H16N6O4. The molecule has 142 valence electrons. The maximum Gasteiger partial charge on any atom is 0.343 e. The van der Waals surface area contributed by atoms with E-state index >= 15 is 0 Å². The summed E-state index contributed by atoms with van der Waals surface area (Å²) in [6.07, 6.45) is 1.43. The SMILES string of the molecule is COc1cc(/C=N\N=C(N)c2nonc2N)ccc1OC(=O)c1ccccc1. The number of nitrogens with zero attached hydrogens (tertiary/aromatic N) is 4. The number of rotatable bonds is 6. The van der Waals surface area contributed by atoms with Crippen molar-refractivity contribution in [3.8, 4) is 11.5 Å². The molecule has 28 heavy (non-hydrogen) atoms. The molecular weight excluding hydrogens is 364 g/mol. The second kappa shape index (κ2) is 8.45. The van der Waals surface area contributed by atoms with Gasteiger partial charge in [-0.1, -0.05) is 18.2 Å². The third-order valence-electron chi connectivity index (χ3n) is 3.53. The molecule has 0 atom stereocenters. The van der Waals surface area contributed by atoms with E-state index in [4.69, 9.17) is 20.9 Å². The number of anilines is 1. The summed E-state index contributed by atoms with van der Waals surface area (Å²) in [4.78, 5) is 12.2. The zero-order valence-corrected chi connectivity index (χ0v) is 14.8. The topological polar surface area (TPSA) is 151 Å². The van der Waals surface area contributed by atoms with E-state index in [9.17, 15) is 4.79 Å². The fourth-order valence-electron chi connectivity index (χ4n) is 2.16. The van der Waals surface area contributed by atoms with Crippen molar-refractivity contribution >= 4 is 23.8 Å². The van der Waals surface area contributed by atoms with Crippen LogP contribution in [-0.2, 0) is 0 Å². The van der Waals surface area contributed by atoms with Gasteiger partial charge in [0.05, 0.1) is 18.9 Å². The van der Waals surface area contributed by atoms with Gasteiger partial charge in [-0.25, -0.2) is 9.42 Å². The molecule has 0 bridgehead atoms. The predicted octanol–water partition coefficient (Wildman–Crippen LogP) is 1.62. The molecule has 2 aromatic carbocycles. The smallest absolute Gasteiger partial charge is 0.343 e. The lowest BCUT2D eigenvalue weighted by Gasteiger charge is -2.09. The fraction of sp³-hybridized carbons (Fsp3) is 0.0556. The van der Waals surface area contributed by atoms with Crippen LogP contribution in [0.15, 0.2) is 63.4 Å². The quantitative estimate of drug-likeness (QED) is 0.215. The van der Waals surface area contributed by atoms with Crippen molar-refractivity contribution in [2.45, 2.75) is 0 Å². The van der Waals surface area contributed by atoms with Crippen LogP contribution in [0.25, 0.3) is 0 Å². The van der Waals surface area contributed by atoms with Crippen LogP contribution in [-0.4, -0.2) is 35.4 Å². The third kappa shape index (κ3) is 4.30. The van der Waals surface area contributed by atoms with Gasteiger partial charge in [-0.3, -0.25) is 0 Å². The average Bonchev–Trinajstić information content (AvgIpc) is 3.15. The summed E-state index contributed by atoms with van der Waals surface area (Å²) in [6.45, 7) is 0. The van der Waals surface area contributed by atoms with Gasteiger partial charge >= 0.3 is 5.97 Å². The summed E-state index contributed by atoms with van der Waals surface area (Å²) in [5.74, 6) is 0.114. The van der Waals surface area contributed by atoms with Gasteiger partial charge in [-0.15, -0.1) is 5.10 Å². The molecule has 0 amide bonds. The molecule has 0 radical (unpaired) electrons. The maximum absolute atomic E-state index is 12.2. The van der Waals surface area contributed by atoms with Crippen LogP contribution in [0.5, 0.6) is 11.5 Å². The Kier molecular flexibility index (Phi) is 5.60. The number of amidine groups is 1. The highest BCUT2D eigenvalue weighted by Crippen LogP contribution is 2.28. The van der Waals surface area contributed by atoms with Crippen LogP contribution in [0, 0.1) is 0 Å². The Balaban J connectivity index is 1.74. The minimum Gasteiger partial charge on any atom is -0.493 e. The Bertz CT molecular complexity index is 1030. The van der Waals surface area contributed by atoms with Gasteiger partial charge in [0.25, 0.3) is 0 Å². The van der Waals surface area contributed by atoms with Crippen LogP contribution >= 0.6 is 0 Å². The number of nitrogen functional groups attached to an aromatic ring is 1. The number of hydrogen-bond acceptors (Lipinski definition) is 9. The van der Waals surface area contributed by atoms with E-state index in [1.807, 2.05) is 6.07 Å². The highest BCUT2D eigenvalue weighted by atomic mass is 16.6. The number of carbonyl (C=O) groups excluding carboxylic acids is 1. The number of aromatic nitrogens is 2. The molecule has 0 spiro atoms. The summed E-state index contributed by atoms with van der Waals surface area (Å²) in [6, 6.07) is 13.5. The second-order valence-electron chi connectivity index (χ2n) is 5.39. The first-order chi connectivity index (χ1) is 13.6. The summed E-state index contributed by atoms with van der Waals surface area (Å²) < 4.78 is 15.1. The van der Waals surface area contributed by atoms with Gasteiger partial charge < -0.3 is 20.9 Å². The molecule has 0 aliphatic carbocycles. The van der Waals surface area contributed by atoms with Crippen molar-refractivity contribution in [2.24, 2.45) is 15.9 Å². The van der Waals surface area contributed by atoms with Crippen LogP contribution < -0.4 is 20.9 Å².